The van der Waals surface area contributed by atoms with Crippen molar-refractivity contribution in [3.63, 3.8) is 0 Å². The van der Waals surface area contributed by atoms with Gasteiger partial charge in [-0.15, -0.1) is 0 Å². The largest absolute Gasteiger partial charge is 0.481 e. The Balaban J connectivity index is 2.33. The fourth-order valence-electron chi connectivity index (χ4n) is 3.46. The van der Waals surface area contributed by atoms with Gasteiger partial charge in [0, 0.05) is 23.9 Å². The maximum atomic E-state index is 13.0. The van der Waals surface area contributed by atoms with Crippen molar-refractivity contribution in [2.75, 3.05) is 0 Å². The van der Waals surface area contributed by atoms with Crippen LogP contribution in [0, 0.1) is 20.8 Å². The topological polar surface area (TPSA) is 77.1 Å². The van der Waals surface area contributed by atoms with Crippen LogP contribution in [0.25, 0.3) is 16.7 Å². The number of aryl methyl sites for hydroxylation is 4. The molecule has 0 saturated carbocycles. The Morgan fingerprint density at radius 2 is 1.81 bits per heavy atom. The second-order valence-electron chi connectivity index (χ2n) is 6.58. The fraction of sp³-hybridized carbons (Fsp3) is 0.350. The molecule has 2 aromatic heterocycles. The van der Waals surface area contributed by atoms with E-state index >= 15 is 0 Å². The second kappa shape index (κ2) is 6.78. The summed E-state index contributed by atoms with van der Waals surface area (Å²) >= 11 is 0. The van der Waals surface area contributed by atoms with Gasteiger partial charge in [-0.3, -0.25) is 14.2 Å². The quantitative estimate of drug-likeness (QED) is 0.764. The van der Waals surface area contributed by atoms with Crippen molar-refractivity contribution >= 4 is 17.0 Å². The van der Waals surface area contributed by atoms with Crippen molar-refractivity contribution in [3.8, 4) is 5.69 Å². The molecule has 0 radical (unpaired) electrons. The molecule has 0 unspecified atom stereocenters. The molecule has 26 heavy (non-hydrogen) atoms. The van der Waals surface area contributed by atoms with E-state index in [1.807, 2.05) is 56.6 Å². The van der Waals surface area contributed by atoms with E-state index in [0.29, 0.717) is 12.1 Å². The minimum Gasteiger partial charge on any atom is -0.481 e. The lowest BCUT2D eigenvalue weighted by Gasteiger charge is -2.14. The molecule has 0 spiro atoms. The molecule has 0 aliphatic heterocycles. The summed E-state index contributed by atoms with van der Waals surface area (Å²) in [6.07, 6.45) is 0.168. The summed E-state index contributed by atoms with van der Waals surface area (Å²) in [5.41, 5.74) is 4.90. The van der Waals surface area contributed by atoms with Gasteiger partial charge in [0.15, 0.2) is 0 Å². The Hall–Kier alpha value is -2.89. The van der Waals surface area contributed by atoms with E-state index in [4.69, 9.17) is 5.11 Å². The number of carbonyl (C=O) groups is 1. The molecule has 3 rings (SSSR count). The molecular weight excluding hydrogens is 330 g/mol. The second-order valence-corrected chi connectivity index (χ2v) is 6.58. The minimum absolute atomic E-state index is 0.0591. The summed E-state index contributed by atoms with van der Waals surface area (Å²) < 4.78 is 3.50. The summed E-state index contributed by atoms with van der Waals surface area (Å²) in [4.78, 5) is 24.0. The van der Waals surface area contributed by atoms with E-state index in [-0.39, 0.29) is 18.4 Å². The molecule has 136 valence electrons. The predicted molar refractivity (Wildman–Crippen MR) is 101 cm³/mol. The number of rotatable bonds is 5. The third-order valence-electron chi connectivity index (χ3n) is 4.81. The number of hydrogen-bond donors (Lipinski definition) is 1. The van der Waals surface area contributed by atoms with Crippen molar-refractivity contribution < 1.29 is 9.90 Å². The summed E-state index contributed by atoms with van der Waals surface area (Å²) in [5, 5.41) is 14.6. The SMILES string of the molecule is CCn1c(=O)c(CCC(=O)O)c(C)c2c(C)nn(-c3ccc(C)cc3)c21. The normalized spacial score (nSPS) is 11.2. The van der Waals surface area contributed by atoms with Crippen molar-refractivity contribution in [1.29, 1.82) is 0 Å². The summed E-state index contributed by atoms with van der Waals surface area (Å²) in [6.45, 7) is 8.24. The van der Waals surface area contributed by atoms with Crippen molar-refractivity contribution in [2.45, 2.75) is 47.1 Å². The molecule has 0 aliphatic carbocycles. The number of benzene rings is 1. The number of hydrogen-bond acceptors (Lipinski definition) is 3. The average Bonchev–Trinajstić information content (AvgIpc) is 2.93. The Morgan fingerprint density at radius 1 is 1.15 bits per heavy atom. The Morgan fingerprint density at radius 3 is 2.38 bits per heavy atom. The van der Waals surface area contributed by atoms with Gasteiger partial charge in [0.2, 0.25) is 0 Å². The zero-order valence-electron chi connectivity index (χ0n) is 15.5. The van der Waals surface area contributed by atoms with Crippen LogP contribution >= 0.6 is 0 Å². The van der Waals surface area contributed by atoms with Crippen molar-refractivity contribution in [2.24, 2.45) is 0 Å². The molecule has 6 nitrogen and oxygen atoms in total. The number of carboxylic acids is 1. The number of nitrogens with zero attached hydrogens (tertiary/aromatic N) is 3. The van der Waals surface area contributed by atoms with Gasteiger partial charge in [0.05, 0.1) is 11.4 Å². The van der Waals surface area contributed by atoms with Crippen LogP contribution in [0.1, 0.15) is 35.7 Å². The lowest BCUT2D eigenvalue weighted by Crippen LogP contribution is -2.26. The zero-order chi connectivity index (χ0) is 19.0. The monoisotopic (exact) mass is 353 g/mol. The first-order valence-electron chi connectivity index (χ1n) is 8.75. The summed E-state index contributed by atoms with van der Waals surface area (Å²) in [7, 11) is 0. The lowest BCUT2D eigenvalue weighted by molar-refractivity contribution is -0.136. The van der Waals surface area contributed by atoms with Crippen LogP contribution in [0.15, 0.2) is 29.1 Å². The number of aliphatic carboxylic acids is 1. The highest BCUT2D eigenvalue weighted by molar-refractivity contribution is 5.85. The third kappa shape index (κ3) is 2.92. The molecule has 0 amide bonds. The number of aromatic nitrogens is 3. The molecule has 0 saturated heterocycles. The number of carboxylic acid groups (broad SMARTS) is 1. The Kier molecular flexibility index (Phi) is 4.68. The average molecular weight is 353 g/mol. The molecule has 1 N–H and O–H groups in total. The molecule has 0 atom stereocenters. The van der Waals surface area contributed by atoms with Gasteiger partial charge in [0.25, 0.3) is 5.56 Å². The van der Waals surface area contributed by atoms with Gasteiger partial charge >= 0.3 is 5.97 Å². The van der Waals surface area contributed by atoms with Crippen LogP contribution in [-0.4, -0.2) is 25.4 Å². The lowest BCUT2D eigenvalue weighted by atomic mass is 10.0. The van der Waals surface area contributed by atoms with Crippen LogP contribution in [0.5, 0.6) is 0 Å². The minimum atomic E-state index is -0.904. The fourth-order valence-corrected chi connectivity index (χ4v) is 3.46. The van der Waals surface area contributed by atoms with Crippen LogP contribution in [0.4, 0.5) is 0 Å². The van der Waals surface area contributed by atoms with E-state index in [0.717, 1.165) is 33.5 Å². The first kappa shape index (κ1) is 17.9. The van der Waals surface area contributed by atoms with Gasteiger partial charge in [-0.05, 0) is 51.8 Å². The molecule has 0 bridgehead atoms. The third-order valence-corrected chi connectivity index (χ3v) is 4.81. The molecule has 1 aromatic carbocycles. The van der Waals surface area contributed by atoms with E-state index in [1.54, 1.807) is 4.57 Å². The molecule has 6 heteroatoms. The zero-order valence-corrected chi connectivity index (χ0v) is 15.5. The number of pyridine rings is 1. The predicted octanol–water partition coefficient (Wildman–Crippen LogP) is 3.15. The van der Waals surface area contributed by atoms with E-state index in [1.165, 1.54) is 0 Å². The molecule has 3 aromatic rings. The molecule has 2 heterocycles. The standard InChI is InChI=1S/C20H23N3O3/c1-5-22-19-18(13(3)16(20(22)26)10-11-17(24)25)14(4)21-23(19)15-8-6-12(2)7-9-15/h6-9H,5,10-11H2,1-4H3,(H,24,25). The van der Waals surface area contributed by atoms with E-state index in [9.17, 15) is 9.59 Å². The summed E-state index contributed by atoms with van der Waals surface area (Å²) in [5.74, 6) is -0.904. The highest BCUT2D eigenvalue weighted by atomic mass is 16.4. The Bertz CT molecular complexity index is 1040. The molecule has 0 fully saturated rings. The molecule has 0 aliphatic rings. The van der Waals surface area contributed by atoms with Crippen LogP contribution in [-0.2, 0) is 17.8 Å². The van der Waals surface area contributed by atoms with Gasteiger partial charge in [-0.25, -0.2) is 4.68 Å². The van der Waals surface area contributed by atoms with E-state index in [2.05, 4.69) is 5.10 Å². The summed E-state index contributed by atoms with van der Waals surface area (Å²) in [6, 6.07) is 8.00. The van der Waals surface area contributed by atoms with Crippen molar-refractivity contribution in [3.05, 3.63) is 57.0 Å². The smallest absolute Gasteiger partial charge is 0.303 e. The highest BCUT2D eigenvalue weighted by Gasteiger charge is 2.21. The van der Waals surface area contributed by atoms with Gasteiger partial charge in [-0.1, -0.05) is 17.7 Å². The number of fused-ring (bicyclic) bond motifs is 1. The Labute approximate surface area is 151 Å². The van der Waals surface area contributed by atoms with Crippen molar-refractivity contribution in [1.82, 2.24) is 14.3 Å². The first-order valence-corrected chi connectivity index (χ1v) is 8.75. The van der Waals surface area contributed by atoms with Gasteiger partial charge in [0.1, 0.15) is 5.65 Å². The maximum Gasteiger partial charge on any atom is 0.303 e. The van der Waals surface area contributed by atoms with Crippen LogP contribution in [0.2, 0.25) is 0 Å². The molecular formula is C20H23N3O3. The van der Waals surface area contributed by atoms with Gasteiger partial charge < -0.3 is 5.11 Å². The first-order chi connectivity index (χ1) is 12.3. The van der Waals surface area contributed by atoms with E-state index < -0.39 is 5.97 Å². The van der Waals surface area contributed by atoms with Crippen LogP contribution in [0.3, 0.4) is 0 Å². The highest BCUT2D eigenvalue weighted by Crippen LogP contribution is 2.26. The van der Waals surface area contributed by atoms with Gasteiger partial charge in [-0.2, -0.15) is 5.10 Å². The van der Waals surface area contributed by atoms with Crippen LogP contribution < -0.4 is 5.56 Å². The maximum absolute atomic E-state index is 13.0.